The van der Waals surface area contributed by atoms with Crippen LogP contribution in [0.3, 0.4) is 0 Å². The largest absolute Gasteiger partial charge is 0.486 e. The van der Waals surface area contributed by atoms with E-state index in [1.807, 2.05) is 6.07 Å². The molecule has 2 aliphatic heterocycles. The fourth-order valence-corrected chi connectivity index (χ4v) is 3.09. The van der Waals surface area contributed by atoms with Crippen molar-refractivity contribution in [2.24, 2.45) is 5.73 Å². The normalized spacial score (nSPS) is 27.4. The molecule has 3 atom stereocenters. The molecule has 1 aromatic carbocycles. The van der Waals surface area contributed by atoms with Gasteiger partial charge in [-0.3, -0.25) is 4.90 Å². The van der Waals surface area contributed by atoms with E-state index in [4.69, 9.17) is 19.9 Å². The maximum atomic E-state index is 6.06. The average molecular weight is 292 g/mol. The lowest BCUT2D eigenvalue weighted by atomic mass is 10.0. The van der Waals surface area contributed by atoms with E-state index in [-0.39, 0.29) is 12.1 Å². The van der Waals surface area contributed by atoms with Crippen molar-refractivity contribution in [2.75, 3.05) is 32.9 Å². The second kappa shape index (κ2) is 6.22. The first kappa shape index (κ1) is 14.6. The summed E-state index contributed by atoms with van der Waals surface area (Å²) in [5.41, 5.74) is 7.25. The van der Waals surface area contributed by atoms with Gasteiger partial charge in [0.1, 0.15) is 13.2 Å². The maximum Gasteiger partial charge on any atom is 0.161 e. The molecule has 21 heavy (non-hydrogen) atoms. The number of rotatable bonds is 3. The Hall–Kier alpha value is -1.30. The highest BCUT2D eigenvalue weighted by atomic mass is 16.6. The van der Waals surface area contributed by atoms with Crippen molar-refractivity contribution < 1.29 is 14.2 Å². The van der Waals surface area contributed by atoms with E-state index in [1.165, 1.54) is 5.56 Å². The van der Waals surface area contributed by atoms with Crippen LogP contribution >= 0.6 is 0 Å². The maximum absolute atomic E-state index is 6.06. The SMILES string of the molecule is CC1CN(C(CN)c2ccc3c(c2)OCCO3)C(C)CO1. The Morgan fingerprint density at radius 3 is 2.76 bits per heavy atom. The van der Waals surface area contributed by atoms with Crippen molar-refractivity contribution in [3.8, 4) is 11.5 Å². The lowest BCUT2D eigenvalue weighted by molar-refractivity contribution is -0.0654. The molecule has 1 aromatic rings. The monoisotopic (exact) mass is 292 g/mol. The summed E-state index contributed by atoms with van der Waals surface area (Å²) >= 11 is 0. The standard InChI is InChI=1S/C16H24N2O3/c1-11-10-21-12(2)9-18(11)14(8-17)13-3-4-15-16(7-13)20-6-5-19-15/h3-4,7,11-12,14H,5-6,8-10,17H2,1-2H3. The molecule has 0 bridgehead atoms. The molecule has 0 aliphatic carbocycles. The molecule has 0 amide bonds. The third-order valence-corrected chi connectivity index (χ3v) is 4.23. The van der Waals surface area contributed by atoms with Gasteiger partial charge < -0.3 is 19.9 Å². The first-order valence-electron chi connectivity index (χ1n) is 7.66. The summed E-state index contributed by atoms with van der Waals surface area (Å²) < 4.78 is 17.0. The van der Waals surface area contributed by atoms with Crippen LogP contribution < -0.4 is 15.2 Å². The van der Waals surface area contributed by atoms with Gasteiger partial charge in [0, 0.05) is 25.2 Å². The van der Waals surface area contributed by atoms with Gasteiger partial charge in [-0.15, -0.1) is 0 Å². The number of hydrogen-bond donors (Lipinski definition) is 1. The smallest absolute Gasteiger partial charge is 0.161 e. The van der Waals surface area contributed by atoms with Crippen molar-refractivity contribution in [3.05, 3.63) is 23.8 Å². The summed E-state index contributed by atoms with van der Waals surface area (Å²) in [7, 11) is 0. The number of nitrogens with two attached hydrogens (primary N) is 1. The highest BCUT2D eigenvalue weighted by Crippen LogP contribution is 2.35. The molecule has 2 heterocycles. The highest BCUT2D eigenvalue weighted by Gasteiger charge is 2.30. The number of nitrogens with zero attached hydrogens (tertiary/aromatic N) is 1. The predicted molar refractivity (Wildman–Crippen MR) is 80.8 cm³/mol. The van der Waals surface area contributed by atoms with Crippen LogP contribution in [0, 0.1) is 0 Å². The predicted octanol–water partition coefficient (Wildman–Crippen LogP) is 1.57. The zero-order valence-corrected chi connectivity index (χ0v) is 12.7. The topological polar surface area (TPSA) is 57.0 Å². The van der Waals surface area contributed by atoms with Crippen LogP contribution in [0.25, 0.3) is 0 Å². The third-order valence-electron chi connectivity index (χ3n) is 4.23. The molecular weight excluding hydrogens is 268 g/mol. The molecule has 1 saturated heterocycles. The fraction of sp³-hybridized carbons (Fsp3) is 0.625. The van der Waals surface area contributed by atoms with Gasteiger partial charge in [0.2, 0.25) is 0 Å². The van der Waals surface area contributed by atoms with E-state index in [0.29, 0.717) is 25.8 Å². The number of fused-ring (bicyclic) bond motifs is 1. The number of ether oxygens (including phenoxy) is 3. The Bertz CT molecular complexity index is 494. The van der Waals surface area contributed by atoms with Gasteiger partial charge in [-0.2, -0.15) is 0 Å². The molecule has 2 N–H and O–H groups in total. The van der Waals surface area contributed by atoms with E-state index in [9.17, 15) is 0 Å². The lowest BCUT2D eigenvalue weighted by Crippen LogP contribution is -2.50. The molecule has 0 spiro atoms. The van der Waals surface area contributed by atoms with Crippen molar-refractivity contribution in [3.63, 3.8) is 0 Å². The Kier molecular flexibility index (Phi) is 4.33. The van der Waals surface area contributed by atoms with Crippen LogP contribution in [-0.2, 0) is 4.74 Å². The number of morpholine rings is 1. The molecule has 0 saturated carbocycles. The van der Waals surface area contributed by atoms with Crippen LogP contribution in [-0.4, -0.2) is 50.0 Å². The molecule has 116 valence electrons. The Morgan fingerprint density at radius 2 is 2.00 bits per heavy atom. The van der Waals surface area contributed by atoms with Crippen LogP contribution in [0.15, 0.2) is 18.2 Å². The van der Waals surface area contributed by atoms with Gasteiger partial charge in [0.25, 0.3) is 0 Å². The molecule has 2 aliphatic rings. The molecule has 3 rings (SSSR count). The summed E-state index contributed by atoms with van der Waals surface area (Å²) in [6.07, 6.45) is 0.243. The number of hydrogen-bond acceptors (Lipinski definition) is 5. The molecule has 5 nitrogen and oxygen atoms in total. The summed E-state index contributed by atoms with van der Waals surface area (Å²) in [6.45, 7) is 7.75. The summed E-state index contributed by atoms with van der Waals surface area (Å²) in [6, 6.07) is 6.70. The molecule has 0 aromatic heterocycles. The quantitative estimate of drug-likeness (QED) is 0.916. The minimum Gasteiger partial charge on any atom is -0.486 e. The summed E-state index contributed by atoms with van der Waals surface area (Å²) in [4.78, 5) is 2.43. The molecular formula is C16H24N2O3. The first-order chi connectivity index (χ1) is 10.2. The number of benzene rings is 1. The van der Waals surface area contributed by atoms with E-state index in [2.05, 4.69) is 30.9 Å². The second-order valence-corrected chi connectivity index (χ2v) is 5.84. The minimum absolute atomic E-state index is 0.183. The van der Waals surface area contributed by atoms with Gasteiger partial charge >= 0.3 is 0 Å². The Balaban J connectivity index is 1.85. The molecule has 0 radical (unpaired) electrons. The summed E-state index contributed by atoms with van der Waals surface area (Å²) in [5.74, 6) is 1.65. The van der Waals surface area contributed by atoms with E-state index in [0.717, 1.165) is 24.7 Å². The van der Waals surface area contributed by atoms with Gasteiger partial charge in [-0.1, -0.05) is 6.07 Å². The van der Waals surface area contributed by atoms with Crippen LogP contribution in [0.2, 0.25) is 0 Å². The molecule has 3 unspecified atom stereocenters. The van der Waals surface area contributed by atoms with Crippen molar-refractivity contribution in [1.82, 2.24) is 4.90 Å². The molecule has 1 fully saturated rings. The second-order valence-electron chi connectivity index (χ2n) is 5.84. The first-order valence-corrected chi connectivity index (χ1v) is 7.66. The zero-order valence-electron chi connectivity index (χ0n) is 12.7. The summed E-state index contributed by atoms with van der Waals surface area (Å²) in [5, 5.41) is 0. The average Bonchev–Trinajstić information content (AvgIpc) is 2.51. The highest BCUT2D eigenvalue weighted by molar-refractivity contribution is 5.44. The minimum atomic E-state index is 0.183. The zero-order chi connectivity index (χ0) is 14.8. The lowest BCUT2D eigenvalue weighted by Gasteiger charge is -2.42. The van der Waals surface area contributed by atoms with Crippen LogP contribution in [0.5, 0.6) is 11.5 Å². The van der Waals surface area contributed by atoms with E-state index in [1.54, 1.807) is 0 Å². The van der Waals surface area contributed by atoms with Gasteiger partial charge in [-0.05, 0) is 31.5 Å². The third kappa shape index (κ3) is 3.00. The molecule has 5 heteroatoms. The van der Waals surface area contributed by atoms with E-state index < -0.39 is 0 Å². The van der Waals surface area contributed by atoms with Gasteiger partial charge in [0.05, 0.1) is 12.7 Å². The van der Waals surface area contributed by atoms with Gasteiger partial charge in [-0.25, -0.2) is 0 Å². The van der Waals surface area contributed by atoms with Crippen molar-refractivity contribution >= 4 is 0 Å². The van der Waals surface area contributed by atoms with Crippen LogP contribution in [0.4, 0.5) is 0 Å². The van der Waals surface area contributed by atoms with E-state index >= 15 is 0 Å². The van der Waals surface area contributed by atoms with Crippen molar-refractivity contribution in [2.45, 2.75) is 32.0 Å². The Morgan fingerprint density at radius 1 is 1.24 bits per heavy atom. The van der Waals surface area contributed by atoms with Crippen molar-refractivity contribution in [1.29, 1.82) is 0 Å². The Labute approximate surface area is 126 Å². The van der Waals surface area contributed by atoms with Gasteiger partial charge in [0.15, 0.2) is 11.5 Å². The fourth-order valence-electron chi connectivity index (χ4n) is 3.09. The van der Waals surface area contributed by atoms with Crippen LogP contribution in [0.1, 0.15) is 25.5 Å².